The van der Waals surface area contributed by atoms with Crippen molar-refractivity contribution in [3.8, 4) is 0 Å². The predicted octanol–water partition coefficient (Wildman–Crippen LogP) is 2.44. The summed E-state index contributed by atoms with van der Waals surface area (Å²) in [5, 5.41) is 0. The van der Waals surface area contributed by atoms with E-state index in [1.807, 2.05) is 0 Å². The van der Waals surface area contributed by atoms with Crippen LogP contribution in [-0.4, -0.2) is 13.1 Å². The fourth-order valence-corrected chi connectivity index (χ4v) is 1.21. The first-order valence-electron chi connectivity index (χ1n) is 4.47. The van der Waals surface area contributed by atoms with Gasteiger partial charge in [0.15, 0.2) is 0 Å². The molecule has 0 saturated heterocycles. The van der Waals surface area contributed by atoms with Gasteiger partial charge in [-0.2, -0.15) is 13.2 Å². The van der Waals surface area contributed by atoms with E-state index in [2.05, 4.69) is 4.74 Å². The van der Waals surface area contributed by atoms with Gasteiger partial charge in [0, 0.05) is 5.56 Å². The highest BCUT2D eigenvalue weighted by Gasteiger charge is 2.32. The summed E-state index contributed by atoms with van der Waals surface area (Å²) in [7, 11) is 1.01. The van der Waals surface area contributed by atoms with Crippen molar-refractivity contribution in [2.24, 2.45) is 5.73 Å². The van der Waals surface area contributed by atoms with Crippen molar-refractivity contribution in [3.63, 3.8) is 0 Å². The summed E-state index contributed by atoms with van der Waals surface area (Å²) in [4.78, 5) is 11.0. The number of esters is 1. The van der Waals surface area contributed by atoms with Crippen LogP contribution in [0.2, 0.25) is 0 Å². The lowest BCUT2D eigenvalue weighted by Crippen LogP contribution is -2.24. The van der Waals surface area contributed by atoms with Gasteiger partial charge >= 0.3 is 12.1 Å². The standard InChI is InChI=1S/C10H9F4NO2.ClH/c1-17-9(16)8(15)6-4-5(10(12,13)14)2-3-7(6)11;/h2-4,8H,15H2,1H3;1H/t8-;/m0./s1. The number of nitrogens with two attached hydrogens (primary N) is 1. The summed E-state index contributed by atoms with van der Waals surface area (Å²) in [6.45, 7) is 0. The van der Waals surface area contributed by atoms with Gasteiger partial charge in [-0.3, -0.25) is 4.79 Å². The molecule has 0 saturated carbocycles. The molecule has 0 aliphatic heterocycles. The third kappa shape index (κ3) is 3.58. The number of carbonyl (C=O) groups is 1. The van der Waals surface area contributed by atoms with Crippen molar-refractivity contribution >= 4 is 18.4 Å². The average molecular weight is 288 g/mol. The number of benzene rings is 1. The van der Waals surface area contributed by atoms with Crippen molar-refractivity contribution in [2.75, 3.05) is 7.11 Å². The van der Waals surface area contributed by atoms with E-state index in [9.17, 15) is 22.4 Å². The van der Waals surface area contributed by atoms with Crippen molar-refractivity contribution in [1.29, 1.82) is 0 Å². The van der Waals surface area contributed by atoms with Crippen molar-refractivity contribution in [2.45, 2.75) is 12.2 Å². The van der Waals surface area contributed by atoms with Crippen molar-refractivity contribution in [1.82, 2.24) is 0 Å². The molecular formula is C10H10ClF4NO2. The maximum Gasteiger partial charge on any atom is 0.416 e. The monoisotopic (exact) mass is 287 g/mol. The zero-order chi connectivity index (χ0) is 13.2. The summed E-state index contributed by atoms with van der Waals surface area (Å²) >= 11 is 0. The highest BCUT2D eigenvalue weighted by molar-refractivity contribution is 5.85. The maximum atomic E-state index is 13.2. The molecule has 1 aromatic carbocycles. The molecule has 0 unspecified atom stereocenters. The third-order valence-corrected chi connectivity index (χ3v) is 2.11. The zero-order valence-corrected chi connectivity index (χ0v) is 9.94. The molecule has 1 aromatic rings. The van der Waals surface area contributed by atoms with E-state index < -0.39 is 35.1 Å². The second-order valence-electron chi connectivity index (χ2n) is 3.23. The molecule has 0 aromatic heterocycles. The van der Waals surface area contributed by atoms with Crippen LogP contribution in [-0.2, 0) is 15.7 Å². The highest BCUT2D eigenvalue weighted by Crippen LogP contribution is 2.31. The Hall–Kier alpha value is -1.34. The van der Waals surface area contributed by atoms with Crippen LogP contribution in [0.25, 0.3) is 0 Å². The van der Waals surface area contributed by atoms with Gasteiger partial charge in [-0.15, -0.1) is 12.4 Å². The predicted molar refractivity (Wildman–Crippen MR) is 57.6 cm³/mol. The fraction of sp³-hybridized carbons (Fsp3) is 0.300. The van der Waals surface area contributed by atoms with Gasteiger partial charge < -0.3 is 10.5 Å². The smallest absolute Gasteiger partial charge is 0.416 e. The zero-order valence-electron chi connectivity index (χ0n) is 9.12. The SMILES string of the molecule is COC(=O)[C@@H](N)c1cc(C(F)(F)F)ccc1F.Cl. The topological polar surface area (TPSA) is 52.3 Å². The highest BCUT2D eigenvalue weighted by atomic mass is 35.5. The summed E-state index contributed by atoms with van der Waals surface area (Å²) in [6, 6.07) is 0.100. The molecule has 2 N–H and O–H groups in total. The number of hydrogen-bond donors (Lipinski definition) is 1. The van der Waals surface area contributed by atoms with Crippen LogP contribution in [0, 0.1) is 5.82 Å². The maximum absolute atomic E-state index is 13.2. The lowest BCUT2D eigenvalue weighted by molar-refractivity contribution is -0.143. The minimum atomic E-state index is -4.63. The summed E-state index contributed by atoms with van der Waals surface area (Å²) in [5.41, 5.74) is 3.66. The lowest BCUT2D eigenvalue weighted by Gasteiger charge is -2.13. The Morgan fingerprint density at radius 2 is 1.94 bits per heavy atom. The Balaban J connectivity index is 0.00000289. The largest absolute Gasteiger partial charge is 0.468 e. The molecule has 0 aliphatic rings. The molecule has 1 rings (SSSR count). The van der Waals surface area contributed by atoms with Crippen LogP contribution in [0.15, 0.2) is 18.2 Å². The second kappa shape index (κ2) is 6.01. The first kappa shape index (κ1) is 16.7. The minimum absolute atomic E-state index is 0. The van der Waals surface area contributed by atoms with Gasteiger partial charge in [0.1, 0.15) is 11.9 Å². The van der Waals surface area contributed by atoms with Gasteiger partial charge in [0.2, 0.25) is 0 Å². The molecule has 0 aliphatic carbocycles. The second-order valence-corrected chi connectivity index (χ2v) is 3.23. The molecule has 8 heteroatoms. The number of halogens is 5. The van der Waals surface area contributed by atoms with E-state index in [4.69, 9.17) is 5.73 Å². The Morgan fingerprint density at radius 3 is 2.39 bits per heavy atom. The average Bonchev–Trinajstić information content (AvgIpc) is 2.26. The van der Waals surface area contributed by atoms with E-state index in [1.165, 1.54) is 0 Å². The lowest BCUT2D eigenvalue weighted by atomic mass is 10.0. The van der Waals surface area contributed by atoms with Crippen molar-refractivity contribution < 1.29 is 27.1 Å². The molecule has 1 atom stereocenters. The summed E-state index contributed by atoms with van der Waals surface area (Å²) < 4.78 is 54.6. The molecule has 0 fully saturated rings. The molecule has 0 spiro atoms. The van der Waals surface area contributed by atoms with Crippen LogP contribution in [0.5, 0.6) is 0 Å². The first-order chi connectivity index (χ1) is 7.77. The van der Waals surface area contributed by atoms with Crippen LogP contribution in [0.1, 0.15) is 17.2 Å². The number of rotatable bonds is 2. The summed E-state index contributed by atoms with van der Waals surface area (Å²) in [6.07, 6.45) is -4.63. The van der Waals surface area contributed by atoms with E-state index in [1.54, 1.807) is 0 Å². The number of carbonyl (C=O) groups excluding carboxylic acids is 1. The van der Waals surface area contributed by atoms with E-state index in [-0.39, 0.29) is 12.4 Å². The Morgan fingerprint density at radius 1 is 1.39 bits per heavy atom. The van der Waals surface area contributed by atoms with E-state index >= 15 is 0 Å². The van der Waals surface area contributed by atoms with Crippen LogP contribution in [0.3, 0.4) is 0 Å². The minimum Gasteiger partial charge on any atom is -0.468 e. The normalized spacial score (nSPS) is 12.6. The number of methoxy groups -OCH3 is 1. The van der Waals surface area contributed by atoms with Gasteiger partial charge in [0.25, 0.3) is 0 Å². The third-order valence-electron chi connectivity index (χ3n) is 2.11. The summed E-state index contributed by atoms with van der Waals surface area (Å²) in [5.74, 6) is -2.00. The molecule has 3 nitrogen and oxygen atoms in total. The van der Waals surface area contributed by atoms with Gasteiger partial charge in [-0.25, -0.2) is 4.39 Å². The molecule has 0 bridgehead atoms. The van der Waals surface area contributed by atoms with Crippen LogP contribution < -0.4 is 5.73 Å². The Labute approximate surface area is 106 Å². The molecule has 0 heterocycles. The number of ether oxygens (including phenoxy) is 1. The fourth-order valence-electron chi connectivity index (χ4n) is 1.21. The quantitative estimate of drug-likeness (QED) is 0.671. The molecule has 0 amide bonds. The van der Waals surface area contributed by atoms with Crippen LogP contribution in [0.4, 0.5) is 17.6 Å². The number of alkyl halides is 3. The Kier molecular flexibility index (Phi) is 5.56. The Bertz CT molecular complexity index is 436. The first-order valence-corrected chi connectivity index (χ1v) is 4.47. The molecular weight excluding hydrogens is 278 g/mol. The van der Waals surface area contributed by atoms with Gasteiger partial charge in [0.05, 0.1) is 12.7 Å². The van der Waals surface area contributed by atoms with Gasteiger partial charge in [-0.1, -0.05) is 0 Å². The van der Waals surface area contributed by atoms with E-state index in [0.717, 1.165) is 7.11 Å². The molecule has 102 valence electrons. The molecule has 18 heavy (non-hydrogen) atoms. The molecule has 0 radical (unpaired) electrons. The van der Waals surface area contributed by atoms with E-state index in [0.29, 0.717) is 18.2 Å². The van der Waals surface area contributed by atoms with Crippen LogP contribution >= 0.6 is 12.4 Å². The van der Waals surface area contributed by atoms with Crippen molar-refractivity contribution in [3.05, 3.63) is 35.1 Å². The number of hydrogen-bond acceptors (Lipinski definition) is 3. The van der Waals surface area contributed by atoms with Gasteiger partial charge in [-0.05, 0) is 18.2 Å².